The predicted octanol–water partition coefficient (Wildman–Crippen LogP) is 3.78. The Labute approximate surface area is 172 Å². The van der Waals surface area contributed by atoms with Crippen LogP contribution in [0, 0.1) is 6.92 Å². The number of likely N-dealkylation sites (tertiary alicyclic amines) is 1. The van der Waals surface area contributed by atoms with Crippen LogP contribution < -0.4 is 9.47 Å². The third kappa shape index (κ3) is 4.42. The molecule has 5 nitrogen and oxygen atoms in total. The number of rotatable bonds is 5. The first-order valence-corrected chi connectivity index (χ1v) is 10.6. The van der Waals surface area contributed by atoms with Crippen molar-refractivity contribution in [2.24, 2.45) is 0 Å². The largest absolute Gasteiger partial charge is 0.494 e. The summed E-state index contributed by atoms with van der Waals surface area (Å²) in [6.07, 6.45) is 1.35. The molecular weight excluding hydrogens is 366 g/mol. The molecule has 0 aromatic heterocycles. The van der Waals surface area contributed by atoms with E-state index < -0.39 is 12.2 Å². The smallest absolute Gasteiger partial charge is 0.125 e. The van der Waals surface area contributed by atoms with Crippen molar-refractivity contribution in [1.29, 1.82) is 0 Å². The second-order valence-corrected chi connectivity index (χ2v) is 8.36. The number of piperidine rings is 1. The van der Waals surface area contributed by atoms with Gasteiger partial charge in [-0.1, -0.05) is 23.8 Å². The first-order chi connectivity index (χ1) is 14.0. The maximum Gasteiger partial charge on any atom is 0.125 e. The quantitative estimate of drug-likeness (QED) is 0.804. The van der Waals surface area contributed by atoms with E-state index in [4.69, 9.17) is 9.47 Å². The van der Waals surface area contributed by atoms with Gasteiger partial charge in [-0.25, -0.2) is 0 Å². The Morgan fingerprint density at radius 2 is 1.90 bits per heavy atom. The molecule has 156 valence electrons. The molecule has 0 bridgehead atoms. The first-order valence-electron chi connectivity index (χ1n) is 10.6. The molecule has 1 saturated heterocycles. The SMILES string of the molecule is CCOc1ccc(C(O)CN2CCC3(CC2)CC(O)c2cc(C)ccc2O3)cc1. The minimum atomic E-state index is -0.527. The van der Waals surface area contributed by atoms with Crippen molar-refractivity contribution in [2.75, 3.05) is 26.2 Å². The topological polar surface area (TPSA) is 62.2 Å². The summed E-state index contributed by atoms with van der Waals surface area (Å²) < 4.78 is 11.9. The van der Waals surface area contributed by atoms with Crippen LogP contribution in [0.3, 0.4) is 0 Å². The number of aryl methyl sites for hydroxylation is 1. The van der Waals surface area contributed by atoms with Gasteiger partial charge in [0.2, 0.25) is 0 Å². The summed E-state index contributed by atoms with van der Waals surface area (Å²) in [6, 6.07) is 13.7. The number of fused-ring (bicyclic) bond motifs is 1. The molecule has 4 rings (SSSR count). The number of hydrogen-bond acceptors (Lipinski definition) is 5. The van der Waals surface area contributed by atoms with Crippen LogP contribution in [-0.2, 0) is 0 Å². The van der Waals surface area contributed by atoms with Gasteiger partial charge >= 0.3 is 0 Å². The lowest BCUT2D eigenvalue weighted by atomic mass is 9.81. The van der Waals surface area contributed by atoms with Crippen LogP contribution in [0.5, 0.6) is 11.5 Å². The van der Waals surface area contributed by atoms with Crippen LogP contribution in [0.25, 0.3) is 0 Å². The minimum Gasteiger partial charge on any atom is -0.494 e. The van der Waals surface area contributed by atoms with Gasteiger partial charge in [-0.05, 0) is 56.5 Å². The number of nitrogens with zero attached hydrogens (tertiary/aromatic N) is 1. The number of aliphatic hydroxyl groups excluding tert-OH is 2. The van der Waals surface area contributed by atoms with Gasteiger partial charge in [-0.2, -0.15) is 0 Å². The highest BCUT2D eigenvalue weighted by atomic mass is 16.5. The van der Waals surface area contributed by atoms with E-state index >= 15 is 0 Å². The second-order valence-electron chi connectivity index (χ2n) is 8.36. The van der Waals surface area contributed by atoms with Gasteiger partial charge in [-0.3, -0.25) is 0 Å². The molecule has 0 aliphatic carbocycles. The Hall–Kier alpha value is -2.08. The summed E-state index contributed by atoms with van der Waals surface area (Å²) in [5.74, 6) is 1.64. The zero-order chi connectivity index (χ0) is 20.4. The van der Waals surface area contributed by atoms with E-state index in [1.807, 2.05) is 56.3 Å². The van der Waals surface area contributed by atoms with Crippen LogP contribution in [-0.4, -0.2) is 47.0 Å². The molecule has 2 aliphatic heterocycles. The second kappa shape index (κ2) is 8.34. The lowest BCUT2D eigenvalue weighted by Crippen LogP contribution is -2.51. The Bertz CT molecular complexity index is 827. The standard InChI is InChI=1S/C24H31NO4/c1-3-28-19-7-5-18(6-8-19)22(27)16-25-12-10-24(11-13-25)15-21(26)20-14-17(2)4-9-23(20)29-24/h4-9,14,21-22,26-27H,3,10-13,15-16H2,1-2H3. The normalized spacial score (nSPS) is 22.0. The lowest BCUT2D eigenvalue weighted by Gasteiger charge is -2.46. The first kappa shape index (κ1) is 20.2. The van der Waals surface area contributed by atoms with Crippen LogP contribution in [0.15, 0.2) is 42.5 Å². The van der Waals surface area contributed by atoms with E-state index in [1.54, 1.807) is 0 Å². The number of benzene rings is 2. The molecule has 2 heterocycles. The maximum atomic E-state index is 10.7. The third-order valence-corrected chi connectivity index (χ3v) is 6.19. The van der Waals surface area contributed by atoms with Crippen molar-refractivity contribution in [3.8, 4) is 11.5 Å². The molecule has 0 amide bonds. The number of ether oxygens (including phenoxy) is 2. The molecule has 2 N–H and O–H groups in total. The van der Waals surface area contributed by atoms with E-state index in [9.17, 15) is 10.2 Å². The third-order valence-electron chi connectivity index (χ3n) is 6.19. The molecule has 0 saturated carbocycles. The summed E-state index contributed by atoms with van der Waals surface area (Å²) >= 11 is 0. The van der Waals surface area contributed by atoms with Gasteiger partial charge in [0.25, 0.3) is 0 Å². The van der Waals surface area contributed by atoms with Crippen molar-refractivity contribution < 1.29 is 19.7 Å². The fourth-order valence-electron chi connectivity index (χ4n) is 4.51. The van der Waals surface area contributed by atoms with Crippen molar-refractivity contribution in [3.63, 3.8) is 0 Å². The number of hydrogen-bond donors (Lipinski definition) is 2. The number of aliphatic hydroxyl groups is 2. The van der Waals surface area contributed by atoms with Crippen LogP contribution in [0.4, 0.5) is 0 Å². The van der Waals surface area contributed by atoms with Gasteiger partial charge in [0.1, 0.15) is 17.1 Å². The molecule has 1 spiro atoms. The summed E-state index contributed by atoms with van der Waals surface area (Å²) in [5, 5.41) is 21.3. The van der Waals surface area contributed by atoms with Gasteiger partial charge in [0.05, 0.1) is 18.8 Å². The predicted molar refractivity (Wildman–Crippen MR) is 112 cm³/mol. The van der Waals surface area contributed by atoms with Gasteiger partial charge < -0.3 is 24.6 Å². The maximum absolute atomic E-state index is 10.7. The van der Waals surface area contributed by atoms with E-state index in [1.165, 1.54) is 0 Å². The minimum absolute atomic E-state index is 0.303. The Kier molecular flexibility index (Phi) is 5.81. The van der Waals surface area contributed by atoms with Crippen LogP contribution in [0.1, 0.15) is 55.1 Å². The molecule has 2 aliphatic rings. The molecule has 2 atom stereocenters. The van der Waals surface area contributed by atoms with Gasteiger partial charge in [0.15, 0.2) is 0 Å². The average Bonchev–Trinajstić information content (AvgIpc) is 2.71. The molecule has 29 heavy (non-hydrogen) atoms. The monoisotopic (exact) mass is 397 g/mol. The van der Waals surface area contributed by atoms with Crippen LogP contribution in [0.2, 0.25) is 0 Å². The molecule has 2 aromatic rings. The van der Waals surface area contributed by atoms with Crippen LogP contribution >= 0.6 is 0 Å². The molecular formula is C24H31NO4. The zero-order valence-electron chi connectivity index (χ0n) is 17.3. The van der Waals surface area contributed by atoms with Crippen molar-refractivity contribution >= 4 is 0 Å². The van der Waals surface area contributed by atoms with Crippen molar-refractivity contribution in [3.05, 3.63) is 59.2 Å². The summed E-state index contributed by atoms with van der Waals surface area (Å²) in [6.45, 7) is 6.93. The summed E-state index contributed by atoms with van der Waals surface area (Å²) in [7, 11) is 0. The van der Waals surface area contributed by atoms with Gasteiger partial charge in [0, 0.05) is 31.6 Å². The van der Waals surface area contributed by atoms with E-state index in [0.29, 0.717) is 19.6 Å². The molecule has 2 aromatic carbocycles. The summed E-state index contributed by atoms with van der Waals surface area (Å²) in [4.78, 5) is 2.28. The fraction of sp³-hybridized carbons (Fsp3) is 0.500. The lowest BCUT2D eigenvalue weighted by molar-refractivity contribution is -0.0588. The molecule has 0 radical (unpaired) electrons. The Balaban J connectivity index is 1.35. The highest BCUT2D eigenvalue weighted by Crippen LogP contribution is 2.44. The zero-order valence-corrected chi connectivity index (χ0v) is 17.3. The van der Waals surface area contributed by atoms with E-state index in [0.717, 1.165) is 54.1 Å². The fourth-order valence-corrected chi connectivity index (χ4v) is 4.51. The summed E-state index contributed by atoms with van der Waals surface area (Å²) in [5.41, 5.74) is 2.65. The van der Waals surface area contributed by atoms with Crippen molar-refractivity contribution in [1.82, 2.24) is 4.90 Å². The number of β-amino-alcohol motifs (C(OH)–C–C–N with tert-alkyl or cyclic N) is 1. The van der Waals surface area contributed by atoms with Gasteiger partial charge in [-0.15, -0.1) is 0 Å². The molecule has 5 heteroatoms. The highest BCUT2D eigenvalue weighted by Gasteiger charge is 2.43. The highest BCUT2D eigenvalue weighted by molar-refractivity contribution is 5.41. The average molecular weight is 398 g/mol. The van der Waals surface area contributed by atoms with E-state index in [-0.39, 0.29) is 5.60 Å². The Morgan fingerprint density at radius 1 is 1.17 bits per heavy atom. The molecule has 2 unspecified atom stereocenters. The molecule has 1 fully saturated rings. The van der Waals surface area contributed by atoms with Crippen molar-refractivity contribution in [2.45, 2.75) is 50.9 Å². The van der Waals surface area contributed by atoms with E-state index in [2.05, 4.69) is 4.90 Å². The Morgan fingerprint density at radius 3 is 2.59 bits per heavy atom.